The summed E-state index contributed by atoms with van der Waals surface area (Å²) < 4.78 is 5.34. The third-order valence-corrected chi connectivity index (χ3v) is 6.34. The lowest BCUT2D eigenvalue weighted by Gasteiger charge is -2.05. The molecule has 0 atom stereocenters. The number of hydrogen-bond donors (Lipinski definition) is 0. The summed E-state index contributed by atoms with van der Waals surface area (Å²) >= 11 is 3.45. The van der Waals surface area contributed by atoms with Gasteiger partial charge >= 0.3 is 5.97 Å². The number of hydrogen-bond acceptors (Lipinski definition) is 2. The van der Waals surface area contributed by atoms with Gasteiger partial charge in [-0.1, -0.05) is 138 Å². The Bertz CT molecular complexity index is 320. The minimum Gasteiger partial charge on any atom is -0.466 e. The van der Waals surface area contributed by atoms with Crippen molar-refractivity contribution in [3.05, 3.63) is 0 Å². The van der Waals surface area contributed by atoms with Crippen LogP contribution in [0.3, 0.4) is 0 Å². The fourth-order valence-electron chi connectivity index (χ4n) is 3.80. The Morgan fingerprint density at radius 3 is 1.38 bits per heavy atom. The number of carbonyl (C=O) groups excluding carboxylic acids is 1. The van der Waals surface area contributed by atoms with E-state index < -0.39 is 0 Å². The van der Waals surface area contributed by atoms with E-state index in [1.54, 1.807) is 0 Å². The molecular weight excluding hydrogens is 424 g/mol. The van der Waals surface area contributed by atoms with Gasteiger partial charge in [0.2, 0.25) is 0 Å². The number of rotatable bonds is 24. The summed E-state index contributed by atoms with van der Waals surface area (Å²) in [7, 11) is 0. The molecule has 29 heavy (non-hydrogen) atoms. The smallest absolute Gasteiger partial charge is 0.305 e. The molecule has 0 aliphatic carbocycles. The number of halogens is 1. The Balaban J connectivity index is 3.10. The number of carbonyl (C=O) groups is 1. The minimum atomic E-state index is 0.00597. The third-order valence-electron chi connectivity index (χ3n) is 5.78. The zero-order valence-electron chi connectivity index (χ0n) is 19.7. The Morgan fingerprint density at radius 2 is 0.931 bits per heavy atom. The van der Waals surface area contributed by atoms with Crippen LogP contribution in [0.5, 0.6) is 0 Å². The van der Waals surface area contributed by atoms with E-state index in [0.29, 0.717) is 13.0 Å². The van der Waals surface area contributed by atoms with Crippen LogP contribution in [0.15, 0.2) is 0 Å². The average Bonchev–Trinajstić information content (AvgIpc) is 2.73. The second-order valence-electron chi connectivity index (χ2n) is 8.73. The van der Waals surface area contributed by atoms with Crippen LogP contribution in [-0.4, -0.2) is 17.9 Å². The molecule has 0 N–H and O–H groups in total. The molecule has 174 valence electrons. The van der Waals surface area contributed by atoms with Crippen LogP contribution in [0.1, 0.15) is 148 Å². The highest BCUT2D eigenvalue weighted by Gasteiger charge is 2.02. The minimum absolute atomic E-state index is 0.00597. The van der Waals surface area contributed by atoms with Crippen molar-refractivity contribution in [2.45, 2.75) is 148 Å². The van der Waals surface area contributed by atoms with Gasteiger partial charge in [-0.2, -0.15) is 0 Å². The molecule has 0 radical (unpaired) electrons. The van der Waals surface area contributed by atoms with Gasteiger partial charge in [-0.15, -0.1) is 0 Å². The maximum atomic E-state index is 11.7. The quantitative estimate of drug-likeness (QED) is 0.0789. The molecule has 0 aromatic carbocycles. The monoisotopic (exact) mass is 474 g/mol. The first-order chi connectivity index (χ1) is 14.3. The molecule has 0 amide bonds. The predicted molar refractivity (Wildman–Crippen MR) is 132 cm³/mol. The normalized spacial score (nSPS) is 11.1. The summed E-state index contributed by atoms with van der Waals surface area (Å²) in [6, 6.07) is 0. The fraction of sp³-hybridized carbons (Fsp3) is 0.962. The highest BCUT2D eigenvalue weighted by Crippen LogP contribution is 2.14. The van der Waals surface area contributed by atoms with E-state index in [1.807, 2.05) is 0 Å². The summed E-state index contributed by atoms with van der Waals surface area (Å²) in [6.07, 6.45) is 28.5. The van der Waals surface area contributed by atoms with E-state index in [0.717, 1.165) is 24.6 Å². The molecule has 3 heteroatoms. The maximum absolute atomic E-state index is 11.7. The molecule has 0 spiro atoms. The number of unbranched alkanes of at least 4 members (excludes halogenated alkanes) is 19. The molecule has 0 aromatic heterocycles. The Kier molecular flexibility index (Phi) is 25.9. The lowest BCUT2D eigenvalue weighted by atomic mass is 10.0. The van der Waals surface area contributed by atoms with E-state index in [2.05, 4.69) is 22.9 Å². The second kappa shape index (κ2) is 26.0. The number of ether oxygens (including phenoxy) is 1. The Hall–Kier alpha value is -0.0500. The lowest BCUT2D eigenvalue weighted by molar-refractivity contribution is -0.143. The first-order valence-electron chi connectivity index (χ1n) is 13.0. The largest absolute Gasteiger partial charge is 0.466 e. The van der Waals surface area contributed by atoms with Crippen molar-refractivity contribution in [1.82, 2.24) is 0 Å². The SMILES string of the molecule is CCCCCCCCCCCCCCCCCCOC(=O)CCCCCCCBr. The molecule has 0 rings (SSSR count). The van der Waals surface area contributed by atoms with Crippen molar-refractivity contribution < 1.29 is 9.53 Å². The second-order valence-corrected chi connectivity index (χ2v) is 9.52. The van der Waals surface area contributed by atoms with Crippen molar-refractivity contribution in [2.24, 2.45) is 0 Å². The van der Waals surface area contributed by atoms with Gasteiger partial charge < -0.3 is 4.74 Å². The Labute approximate surface area is 191 Å². The molecule has 0 aliphatic rings. The highest BCUT2D eigenvalue weighted by atomic mass is 79.9. The lowest BCUT2D eigenvalue weighted by Crippen LogP contribution is -2.05. The van der Waals surface area contributed by atoms with Crippen molar-refractivity contribution in [3.63, 3.8) is 0 Å². The Morgan fingerprint density at radius 1 is 0.552 bits per heavy atom. The molecule has 0 saturated carbocycles. The van der Waals surface area contributed by atoms with Gasteiger partial charge in [0, 0.05) is 11.8 Å². The molecule has 0 aliphatic heterocycles. The summed E-state index contributed by atoms with van der Waals surface area (Å²) in [5.41, 5.74) is 0. The van der Waals surface area contributed by atoms with Gasteiger partial charge in [0.15, 0.2) is 0 Å². The van der Waals surface area contributed by atoms with Crippen LogP contribution in [0.2, 0.25) is 0 Å². The summed E-state index contributed by atoms with van der Waals surface area (Å²) in [6.45, 7) is 2.91. The summed E-state index contributed by atoms with van der Waals surface area (Å²) in [5.74, 6) is 0.00597. The molecule has 0 fully saturated rings. The van der Waals surface area contributed by atoms with Crippen molar-refractivity contribution >= 4 is 21.9 Å². The molecule has 0 bridgehead atoms. The van der Waals surface area contributed by atoms with Gasteiger partial charge in [-0.3, -0.25) is 4.79 Å². The van der Waals surface area contributed by atoms with E-state index in [-0.39, 0.29) is 5.97 Å². The van der Waals surface area contributed by atoms with Gasteiger partial charge in [-0.05, 0) is 19.3 Å². The molecule has 0 heterocycles. The van der Waals surface area contributed by atoms with Crippen LogP contribution < -0.4 is 0 Å². The molecular formula is C26H51BrO2. The van der Waals surface area contributed by atoms with E-state index >= 15 is 0 Å². The average molecular weight is 476 g/mol. The molecule has 2 nitrogen and oxygen atoms in total. The molecule has 0 saturated heterocycles. The van der Waals surface area contributed by atoms with Crippen molar-refractivity contribution in [3.8, 4) is 0 Å². The van der Waals surface area contributed by atoms with E-state index in [1.165, 1.54) is 116 Å². The zero-order chi connectivity index (χ0) is 21.3. The topological polar surface area (TPSA) is 26.3 Å². The van der Waals surface area contributed by atoms with Crippen LogP contribution >= 0.6 is 15.9 Å². The van der Waals surface area contributed by atoms with Crippen LogP contribution in [0.4, 0.5) is 0 Å². The maximum Gasteiger partial charge on any atom is 0.305 e. The van der Waals surface area contributed by atoms with Crippen LogP contribution in [0.25, 0.3) is 0 Å². The van der Waals surface area contributed by atoms with Crippen LogP contribution in [0, 0.1) is 0 Å². The first kappa shape index (κ1) is 28.9. The van der Waals surface area contributed by atoms with Gasteiger partial charge in [-0.25, -0.2) is 0 Å². The van der Waals surface area contributed by atoms with E-state index in [9.17, 15) is 4.79 Å². The third kappa shape index (κ3) is 25.9. The summed E-state index contributed by atoms with van der Waals surface area (Å²) in [5, 5.41) is 1.09. The van der Waals surface area contributed by atoms with Gasteiger partial charge in [0.1, 0.15) is 0 Å². The zero-order valence-corrected chi connectivity index (χ0v) is 21.3. The highest BCUT2D eigenvalue weighted by molar-refractivity contribution is 9.09. The van der Waals surface area contributed by atoms with Gasteiger partial charge in [0.05, 0.1) is 6.61 Å². The molecule has 0 unspecified atom stereocenters. The van der Waals surface area contributed by atoms with E-state index in [4.69, 9.17) is 4.74 Å². The first-order valence-corrected chi connectivity index (χ1v) is 14.1. The number of esters is 1. The standard InChI is InChI=1S/C26H51BrO2/c1-2-3-4-5-6-7-8-9-10-11-12-13-14-15-19-22-25-29-26(28)23-20-17-16-18-21-24-27/h2-25H2,1H3. The predicted octanol–water partition coefficient (Wildman–Crippen LogP) is 9.53. The van der Waals surface area contributed by atoms with Crippen LogP contribution in [-0.2, 0) is 9.53 Å². The van der Waals surface area contributed by atoms with Crippen molar-refractivity contribution in [1.29, 1.82) is 0 Å². The number of alkyl halides is 1. The summed E-state index contributed by atoms with van der Waals surface area (Å²) in [4.78, 5) is 11.7. The molecule has 0 aromatic rings. The van der Waals surface area contributed by atoms with Crippen molar-refractivity contribution in [2.75, 3.05) is 11.9 Å². The fourth-order valence-corrected chi connectivity index (χ4v) is 4.20. The van der Waals surface area contributed by atoms with Gasteiger partial charge in [0.25, 0.3) is 0 Å².